The summed E-state index contributed by atoms with van der Waals surface area (Å²) in [5.74, 6) is -9.14. The van der Waals surface area contributed by atoms with Crippen molar-refractivity contribution >= 4 is 31.7 Å². The number of alkyl halides is 6. The summed E-state index contributed by atoms with van der Waals surface area (Å²) < 4.78 is 147. The molecule has 0 radical (unpaired) electrons. The summed E-state index contributed by atoms with van der Waals surface area (Å²) in [5.41, 5.74) is 0. The number of benzene rings is 1. The number of halogens is 7. The van der Waals surface area contributed by atoms with E-state index in [0.29, 0.717) is 6.07 Å². The molecule has 0 aromatic heterocycles. The molecule has 1 rings (SSSR count). The van der Waals surface area contributed by atoms with Crippen LogP contribution in [-0.4, -0.2) is 44.1 Å². The van der Waals surface area contributed by atoms with E-state index in [1.54, 1.807) is 0 Å². The number of sulfone groups is 1. The maximum absolute atomic E-state index is 13.7. The van der Waals surface area contributed by atoms with Crippen LogP contribution in [0.25, 0.3) is 0 Å². The standard InChI is InChI=1S/C10H7F7O5S3.Li/c1-23-5-2-3-7(6(11)4-5)24(18,19)9(14,15)8(12,13)10(16,17)25(20,21)22;/h2-4H,1H3,(H,20,21,22);/q;+1/p-1. The van der Waals surface area contributed by atoms with Gasteiger partial charge in [0.05, 0.1) is 0 Å². The molecule has 16 heteroatoms. The molecule has 0 N–H and O–H groups in total. The molecule has 5 nitrogen and oxygen atoms in total. The second-order valence-corrected chi connectivity index (χ2v) is 8.62. The third-order valence-corrected chi connectivity index (χ3v) is 6.26. The fourth-order valence-corrected chi connectivity index (χ4v) is 3.70. The zero-order valence-electron chi connectivity index (χ0n) is 12.6. The van der Waals surface area contributed by atoms with Gasteiger partial charge in [0, 0.05) is 4.90 Å². The predicted molar refractivity (Wildman–Crippen MR) is 69.9 cm³/mol. The van der Waals surface area contributed by atoms with E-state index < -0.39 is 47.1 Å². The van der Waals surface area contributed by atoms with E-state index in [4.69, 9.17) is 0 Å². The fraction of sp³-hybridized carbons (Fsp3) is 0.400. The summed E-state index contributed by atoms with van der Waals surface area (Å²) >= 11 is 0.812. The van der Waals surface area contributed by atoms with Crippen LogP contribution < -0.4 is 18.9 Å². The Morgan fingerprint density at radius 3 is 1.77 bits per heavy atom. The SMILES string of the molecule is CSc1ccc(S(=O)(=O)C(F)(F)C(F)(F)C(F)(F)S(=O)(=O)[O-])c(F)c1.[Li+]. The van der Waals surface area contributed by atoms with Gasteiger partial charge >= 0.3 is 35.3 Å². The number of hydrogen-bond acceptors (Lipinski definition) is 6. The first-order chi connectivity index (χ1) is 10.9. The molecule has 0 amide bonds. The van der Waals surface area contributed by atoms with Crippen LogP contribution in [0.5, 0.6) is 0 Å². The van der Waals surface area contributed by atoms with Crippen molar-refractivity contribution in [3.8, 4) is 0 Å². The number of hydrogen-bond donors (Lipinski definition) is 0. The van der Waals surface area contributed by atoms with Crippen molar-refractivity contribution in [2.75, 3.05) is 6.26 Å². The van der Waals surface area contributed by atoms with Gasteiger partial charge < -0.3 is 4.55 Å². The molecule has 0 bridgehead atoms. The van der Waals surface area contributed by atoms with Gasteiger partial charge in [0.15, 0.2) is 10.1 Å². The van der Waals surface area contributed by atoms with Crippen molar-refractivity contribution in [1.82, 2.24) is 0 Å². The van der Waals surface area contributed by atoms with Gasteiger partial charge in [-0.15, -0.1) is 11.8 Å². The van der Waals surface area contributed by atoms with E-state index in [0.717, 1.165) is 17.8 Å². The van der Waals surface area contributed by atoms with Crippen LogP contribution in [0, 0.1) is 5.82 Å². The van der Waals surface area contributed by atoms with Gasteiger partial charge in [0.1, 0.15) is 10.7 Å². The molecule has 0 saturated carbocycles. The van der Waals surface area contributed by atoms with Gasteiger partial charge in [0.25, 0.3) is 9.84 Å². The molecule has 0 heterocycles. The number of rotatable bonds is 6. The van der Waals surface area contributed by atoms with Crippen LogP contribution in [0.1, 0.15) is 0 Å². The van der Waals surface area contributed by atoms with E-state index in [1.807, 2.05) is 0 Å². The summed E-state index contributed by atoms with van der Waals surface area (Å²) in [4.78, 5) is -2.09. The Labute approximate surface area is 159 Å². The van der Waals surface area contributed by atoms with Gasteiger partial charge in [0.2, 0.25) is 0 Å². The Balaban J connectivity index is 0.00000625. The molecular formula is C10H6F7LiO5S3. The first-order valence-electron chi connectivity index (χ1n) is 5.62. The monoisotopic (exact) mass is 442 g/mol. The van der Waals surface area contributed by atoms with Gasteiger partial charge in [-0.1, -0.05) is 0 Å². The third kappa shape index (κ3) is 3.74. The smallest absolute Gasteiger partial charge is 0.743 e. The van der Waals surface area contributed by atoms with Crippen LogP contribution in [0.2, 0.25) is 0 Å². The molecule has 26 heavy (non-hydrogen) atoms. The van der Waals surface area contributed by atoms with Gasteiger partial charge in [-0.05, 0) is 24.5 Å². The molecule has 0 aliphatic carbocycles. The van der Waals surface area contributed by atoms with Crippen molar-refractivity contribution in [2.45, 2.75) is 26.2 Å². The van der Waals surface area contributed by atoms with Crippen molar-refractivity contribution < 1.29 is 71.0 Å². The van der Waals surface area contributed by atoms with Gasteiger partial charge in [-0.3, -0.25) is 0 Å². The maximum Gasteiger partial charge on any atom is 1.00 e. The topological polar surface area (TPSA) is 91.3 Å². The minimum atomic E-state index is -7.38. The van der Waals surface area contributed by atoms with Crippen LogP contribution >= 0.6 is 11.8 Å². The molecule has 0 unspecified atom stereocenters. The summed E-state index contributed by atoms with van der Waals surface area (Å²) in [5, 5.41) is -13.8. The molecule has 0 aliphatic rings. The van der Waals surface area contributed by atoms with Crippen LogP contribution in [0.3, 0.4) is 0 Å². The van der Waals surface area contributed by atoms with E-state index in [1.165, 1.54) is 6.26 Å². The minimum Gasteiger partial charge on any atom is -0.743 e. The molecule has 0 spiro atoms. The van der Waals surface area contributed by atoms with Crippen LogP contribution in [-0.2, 0) is 20.0 Å². The molecular weight excluding hydrogens is 436 g/mol. The van der Waals surface area contributed by atoms with Crippen LogP contribution in [0.4, 0.5) is 30.7 Å². The minimum absolute atomic E-state index is 0. The van der Waals surface area contributed by atoms with Gasteiger partial charge in [-0.25, -0.2) is 21.2 Å². The quantitative estimate of drug-likeness (QED) is 0.260. The summed E-state index contributed by atoms with van der Waals surface area (Å²) in [6.07, 6.45) is 1.37. The molecule has 0 aliphatic heterocycles. The molecule has 0 fully saturated rings. The third-order valence-electron chi connectivity index (χ3n) is 2.81. The zero-order chi connectivity index (χ0) is 20.1. The average Bonchev–Trinajstić information content (AvgIpc) is 2.44. The summed E-state index contributed by atoms with van der Waals surface area (Å²) in [6.45, 7) is 0. The molecule has 144 valence electrons. The van der Waals surface area contributed by atoms with E-state index in [9.17, 15) is 52.1 Å². The zero-order valence-corrected chi connectivity index (χ0v) is 15.1. The van der Waals surface area contributed by atoms with E-state index >= 15 is 0 Å². The molecule has 1 aromatic carbocycles. The first-order valence-corrected chi connectivity index (χ1v) is 9.74. The predicted octanol–water partition coefficient (Wildman–Crippen LogP) is -0.309. The van der Waals surface area contributed by atoms with Crippen molar-refractivity contribution in [3.05, 3.63) is 24.0 Å². The van der Waals surface area contributed by atoms with Crippen molar-refractivity contribution in [1.29, 1.82) is 0 Å². The average molecular weight is 442 g/mol. The summed E-state index contributed by atoms with van der Waals surface area (Å²) in [7, 11) is -14.2. The number of thioether (sulfide) groups is 1. The van der Waals surface area contributed by atoms with Crippen molar-refractivity contribution in [3.63, 3.8) is 0 Å². The largest absolute Gasteiger partial charge is 1.00 e. The fourth-order valence-electron chi connectivity index (χ4n) is 1.46. The molecule has 0 atom stereocenters. The van der Waals surface area contributed by atoms with Crippen LogP contribution in [0.15, 0.2) is 28.0 Å². The second kappa shape index (κ2) is 7.51. The van der Waals surface area contributed by atoms with Gasteiger partial charge in [-0.2, -0.15) is 26.3 Å². The van der Waals surface area contributed by atoms with E-state index in [-0.39, 0.29) is 29.8 Å². The van der Waals surface area contributed by atoms with Crippen molar-refractivity contribution in [2.24, 2.45) is 0 Å². The Hall–Kier alpha value is -0.463. The molecule has 0 saturated heterocycles. The Morgan fingerprint density at radius 2 is 1.42 bits per heavy atom. The second-order valence-electron chi connectivity index (χ2n) is 4.36. The Bertz CT molecular complexity index is 886. The Kier molecular flexibility index (Phi) is 7.38. The summed E-state index contributed by atoms with van der Waals surface area (Å²) in [6, 6.07) is 1.19. The maximum atomic E-state index is 13.7. The van der Waals surface area contributed by atoms with E-state index in [2.05, 4.69) is 0 Å². The normalized spacial score (nSPS) is 14.0. The Morgan fingerprint density at radius 1 is 0.962 bits per heavy atom. The molecule has 1 aromatic rings. The first kappa shape index (κ1) is 25.5.